The van der Waals surface area contributed by atoms with Crippen LogP contribution in [0.3, 0.4) is 0 Å². The van der Waals surface area contributed by atoms with Crippen LogP contribution < -0.4 is 5.32 Å². The van der Waals surface area contributed by atoms with Crippen molar-refractivity contribution >= 4 is 29.9 Å². The molecule has 0 aromatic rings. The summed E-state index contributed by atoms with van der Waals surface area (Å²) in [5, 5.41) is 3.64. The second-order valence-corrected chi connectivity index (χ2v) is 7.89. The molecular weight excluding hydrogens is 399 g/mol. The first-order chi connectivity index (χ1) is 10.7. The lowest BCUT2D eigenvalue weighted by Gasteiger charge is -2.30. The standard InChI is InChI=1S/C18H34N4.HI/c1-19-17(20-11-5-16-6-12-21(2)13-7-16)22-14-10-18(15-22)8-3-4-9-18;/h16H,3-15H2,1-2H3,(H,19,20);1H. The van der Waals surface area contributed by atoms with Gasteiger partial charge in [0.05, 0.1) is 0 Å². The highest BCUT2D eigenvalue weighted by molar-refractivity contribution is 14.0. The van der Waals surface area contributed by atoms with Crippen molar-refractivity contribution in [3.8, 4) is 0 Å². The zero-order valence-electron chi connectivity index (χ0n) is 15.0. The van der Waals surface area contributed by atoms with Crippen molar-refractivity contribution in [3.05, 3.63) is 0 Å². The molecule has 1 N–H and O–H groups in total. The van der Waals surface area contributed by atoms with Gasteiger partial charge in [-0.1, -0.05) is 12.8 Å². The molecule has 0 aromatic carbocycles. The zero-order valence-corrected chi connectivity index (χ0v) is 17.3. The normalized spacial score (nSPS) is 25.8. The summed E-state index contributed by atoms with van der Waals surface area (Å²) in [6.45, 7) is 6.07. The molecule has 3 aliphatic rings. The van der Waals surface area contributed by atoms with Crippen LogP contribution in [0, 0.1) is 11.3 Å². The van der Waals surface area contributed by atoms with E-state index in [4.69, 9.17) is 0 Å². The van der Waals surface area contributed by atoms with Crippen LogP contribution in [-0.2, 0) is 0 Å². The minimum Gasteiger partial charge on any atom is -0.356 e. The Bertz CT molecular complexity index is 384. The molecule has 1 saturated carbocycles. The Morgan fingerprint density at radius 1 is 1.13 bits per heavy atom. The van der Waals surface area contributed by atoms with Crippen LogP contribution in [0.15, 0.2) is 4.99 Å². The highest BCUT2D eigenvalue weighted by Crippen LogP contribution is 2.45. The fraction of sp³-hybridized carbons (Fsp3) is 0.944. The van der Waals surface area contributed by atoms with Crippen LogP contribution in [0.4, 0.5) is 0 Å². The van der Waals surface area contributed by atoms with Gasteiger partial charge >= 0.3 is 0 Å². The number of piperidine rings is 1. The van der Waals surface area contributed by atoms with E-state index in [9.17, 15) is 0 Å². The van der Waals surface area contributed by atoms with E-state index in [1.165, 1.54) is 77.5 Å². The van der Waals surface area contributed by atoms with Gasteiger partial charge in [-0.3, -0.25) is 4.99 Å². The van der Waals surface area contributed by atoms with Crippen molar-refractivity contribution < 1.29 is 0 Å². The molecule has 0 atom stereocenters. The van der Waals surface area contributed by atoms with E-state index in [1.54, 1.807) is 0 Å². The molecule has 2 saturated heterocycles. The lowest BCUT2D eigenvalue weighted by atomic mass is 9.86. The predicted octanol–water partition coefficient (Wildman–Crippen LogP) is 3.18. The summed E-state index contributed by atoms with van der Waals surface area (Å²) in [4.78, 5) is 9.51. The van der Waals surface area contributed by atoms with E-state index in [0.717, 1.165) is 18.4 Å². The largest absolute Gasteiger partial charge is 0.356 e. The Labute approximate surface area is 159 Å². The maximum atomic E-state index is 4.54. The average Bonchev–Trinajstić information content (AvgIpc) is 3.16. The first kappa shape index (κ1) is 19.3. The SMILES string of the molecule is CN=C(NCCC1CCN(C)CC1)N1CCC2(CCCC2)C1.I. The molecule has 23 heavy (non-hydrogen) atoms. The van der Waals surface area contributed by atoms with Gasteiger partial charge in [0.15, 0.2) is 5.96 Å². The molecule has 0 radical (unpaired) electrons. The van der Waals surface area contributed by atoms with E-state index in [1.807, 2.05) is 7.05 Å². The predicted molar refractivity (Wildman–Crippen MR) is 109 cm³/mol. The van der Waals surface area contributed by atoms with E-state index in [-0.39, 0.29) is 24.0 Å². The summed E-state index contributed by atoms with van der Waals surface area (Å²) in [6, 6.07) is 0. The molecule has 134 valence electrons. The third-order valence-electron chi connectivity index (χ3n) is 6.29. The number of guanidine groups is 1. The van der Waals surface area contributed by atoms with E-state index in [0.29, 0.717) is 5.41 Å². The topological polar surface area (TPSA) is 30.9 Å². The fourth-order valence-corrected chi connectivity index (χ4v) is 4.72. The Kier molecular flexibility index (Phi) is 7.45. The van der Waals surface area contributed by atoms with E-state index in [2.05, 4.69) is 27.2 Å². The zero-order chi connectivity index (χ0) is 15.4. The van der Waals surface area contributed by atoms with Gasteiger partial charge in [-0.2, -0.15) is 0 Å². The number of likely N-dealkylation sites (tertiary alicyclic amines) is 2. The summed E-state index contributed by atoms with van der Waals surface area (Å²) in [6.07, 6.45) is 11.2. The van der Waals surface area contributed by atoms with Crippen LogP contribution in [0.1, 0.15) is 51.4 Å². The van der Waals surface area contributed by atoms with Crippen molar-refractivity contribution in [2.45, 2.75) is 51.4 Å². The minimum absolute atomic E-state index is 0. The smallest absolute Gasteiger partial charge is 0.193 e. The number of nitrogens with one attached hydrogen (secondary N) is 1. The minimum atomic E-state index is 0. The number of hydrogen-bond donors (Lipinski definition) is 1. The Morgan fingerprint density at radius 2 is 1.83 bits per heavy atom. The maximum absolute atomic E-state index is 4.54. The third-order valence-corrected chi connectivity index (χ3v) is 6.29. The maximum Gasteiger partial charge on any atom is 0.193 e. The van der Waals surface area contributed by atoms with Crippen LogP contribution in [-0.4, -0.2) is 62.6 Å². The number of hydrogen-bond acceptors (Lipinski definition) is 2. The van der Waals surface area contributed by atoms with Crippen LogP contribution >= 0.6 is 24.0 Å². The lowest BCUT2D eigenvalue weighted by Crippen LogP contribution is -2.42. The summed E-state index contributed by atoms with van der Waals surface area (Å²) in [5.41, 5.74) is 0.631. The summed E-state index contributed by atoms with van der Waals surface area (Å²) >= 11 is 0. The van der Waals surface area contributed by atoms with Gasteiger partial charge in [0.1, 0.15) is 0 Å². The van der Waals surface area contributed by atoms with Crippen molar-refractivity contribution in [2.75, 3.05) is 46.8 Å². The molecule has 0 aromatic heterocycles. The van der Waals surface area contributed by atoms with Crippen LogP contribution in [0.5, 0.6) is 0 Å². The second kappa shape index (κ2) is 8.88. The summed E-state index contributed by atoms with van der Waals surface area (Å²) in [7, 11) is 4.18. The second-order valence-electron chi connectivity index (χ2n) is 7.89. The molecule has 1 aliphatic carbocycles. The van der Waals surface area contributed by atoms with E-state index < -0.39 is 0 Å². The molecule has 3 rings (SSSR count). The molecule has 5 heteroatoms. The van der Waals surface area contributed by atoms with Crippen LogP contribution in [0.2, 0.25) is 0 Å². The van der Waals surface area contributed by atoms with Crippen molar-refractivity contribution in [3.63, 3.8) is 0 Å². The molecule has 2 heterocycles. The summed E-state index contributed by atoms with van der Waals surface area (Å²) < 4.78 is 0. The van der Waals surface area contributed by atoms with Gasteiger partial charge in [-0.05, 0) is 70.0 Å². The number of halogens is 1. The Balaban J connectivity index is 0.00000192. The van der Waals surface area contributed by atoms with Gasteiger partial charge in [0.2, 0.25) is 0 Å². The Morgan fingerprint density at radius 3 is 2.48 bits per heavy atom. The van der Waals surface area contributed by atoms with Crippen molar-refractivity contribution in [1.29, 1.82) is 0 Å². The molecule has 0 bridgehead atoms. The van der Waals surface area contributed by atoms with Gasteiger partial charge in [-0.15, -0.1) is 24.0 Å². The van der Waals surface area contributed by atoms with Crippen molar-refractivity contribution in [2.24, 2.45) is 16.3 Å². The molecule has 1 spiro atoms. The third kappa shape index (κ3) is 4.97. The van der Waals surface area contributed by atoms with Crippen molar-refractivity contribution in [1.82, 2.24) is 15.1 Å². The highest BCUT2D eigenvalue weighted by Gasteiger charge is 2.41. The average molecular weight is 434 g/mol. The molecule has 4 nitrogen and oxygen atoms in total. The van der Waals surface area contributed by atoms with E-state index >= 15 is 0 Å². The number of rotatable bonds is 3. The Hall–Kier alpha value is -0.0400. The summed E-state index contributed by atoms with van der Waals surface area (Å²) in [5.74, 6) is 2.05. The molecular formula is C18H35IN4. The number of aliphatic imine (C=N–C) groups is 1. The molecule has 0 amide bonds. The first-order valence-electron chi connectivity index (χ1n) is 9.35. The molecule has 2 aliphatic heterocycles. The quantitative estimate of drug-likeness (QED) is 0.421. The monoisotopic (exact) mass is 434 g/mol. The van der Waals surface area contributed by atoms with Crippen LogP contribution in [0.25, 0.3) is 0 Å². The fourth-order valence-electron chi connectivity index (χ4n) is 4.72. The van der Waals surface area contributed by atoms with Gasteiger partial charge in [-0.25, -0.2) is 0 Å². The number of nitrogens with zero attached hydrogens (tertiary/aromatic N) is 3. The first-order valence-corrected chi connectivity index (χ1v) is 9.35. The van der Waals surface area contributed by atoms with Gasteiger partial charge < -0.3 is 15.1 Å². The van der Waals surface area contributed by atoms with Gasteiger partial charge in [0, 0.05) is 26.7 Å². The highest BCUT2D eigenvalue weighted by atomic mass is 127. The van der Waals surface area contributed by atoms with Gasteiger partial charge in [0.25, 0.3) is 0 Å². The molecule has 3 fully saturated rings. The lowest BCUT2D eigenvalue weighted by molar-refractivity contribution is 0.212. The molecule has 0 unspecified atom stereocenters.